The summed E-state index contributed by atoms with van der Waals surface area (Å²) in [5, 5.41) is 0. The zero-order valence-electron chi connectivity index (χ0n) is 11.4. The van der Waals surface area contributed by atoms with Gasteiger partial charge in [-0.3, -0.25) is 0 Å². The zero-order valence-corrected chi connectivity index (χ0v) is 11.4. The highest BCUT2D eigenvalue weighted by Gasteiger charge is 2.18. The van der Waals surface area contributed by atoms with Crippen LogP contribution in [0.2, 0.25) is 0 Å². The Labute approximate surface area is 105 Å². The lowest BCUT2D eigenvalue weighted by Crippen LogP contribution is -2.41. The molecule has 3 heteroatoms. The van der Waals surface area contributed by atoms with E-state index in [0.29, 0.717) is 6.04 Å². The molecule has 0 heterocycles. The molecule has 1 rings (SSSR count). The van der Waals surface area contributed by atoms with Crippen molar-refractivity contribution in [1.29, 1.82) is 0 Å². The molecule has 3 nitrogen and oxygen atoms in total. The minimum absolute atomic E-state index is 0.0726. The van der Waals surface area contributed by atoms with E-state index in [-0.39, 0.29) is 6.04 Å². The third kappa shape index (κ3) is 4.46. The molecule has 0 fully saturated rings. The average molecular weight is 235 g/mol. The number of benzene rings is 1. The van der Waals surface area contributed by atoms with E-state index in [1.54, 1.807) is 0 Å². The number of likely N-dealkylation sites (N-methyl/N-ethyl adjacent to an activating group) is 2. The molecule has 96 valence electrons. The number of hydrogen-bond donors (Lipinski definition) is 1. The first-order chi connectivity index (χ1) is 8.02. The van der Waals surface area contributed by atoms with Crippen LogP contribution in [0.25, 0.3) is 0 Å². The molecule has 17 heavy (non-hydrogen) atoms. The Kier molecular flexibility index (Phi) is 5.62. The Hall–Kier alpha value is -0.900. The van der Waals surface area contributed by atoms with Crippen molar-refractivity contribution in [3.8, 4) is 0 Å². The van der Waals surface area contributed by atoms with Gasteiger partial charge in [-0.25, -0.2) is 0 Å². The van der Waals surface area contributed by atoms with Gasteiger partial charge in [0.25, 0.3) is 0 Å². The van der Waals surface area contributed by atoms with Crippen molar-refractivity contribution in [1.82, 2.24) is 9.80 Å². The topological polar surface area (TPSA) is 32.5 Å². The van der Waals surface area contributed by atoms with Gasteiger partial charge in [-0.1, -0.05) is 30.3 Å². The third-order valence-electron chi connectivity index (χ3n) is 3.30. The van der Waals surface area contributed by atoms with Crippen LogP contribution < -0.4 is 5.73 Å². The van der Waals surface area contributed by atoms with Gasteiger partial charge in [0, 0.05) is 25.2 Å². The second-order valence-electron chi connectivity index (χ2n) is 4.96. The Morgan fingerprint density at radius 3 is 2.18 bits per heavy atom. The lowest BCUT2D eigenvalue weighted by atomic mass is 10.0. The maximum atomic E-state index is 6.29. The molecule has 0 aromatic heterocycles. The van der Waals surface area contributed by atoms with Gasteiger partial charge in [0.15, 0.2) is 0 Å². The van der Waals surface area contributed by atoms with Gasteiger partial charge in [0.2, 0.25) is 0 Å². The fraction of sp³-hybridized carbons (Fsp3) is 0.571. The number of nitrogens with zero attached hydrogens (tertiary/aromatic N) is 2. The van der Waals surface area contributed by atoms with Crippen molar-refractivity contribution >= 4 is 0 Å². The Morgan fingerprint density at radius 1 is 1.06 bits per heavy atom. The van der Waals surface area contributed by atoms with Crippen molar-refractivity contribution in [3.05, 3.63) is 35.9 Å². The van der Waals surface area contributed by atoms with Crippen LogP contribution in [0, 0.1) is 0 Å². The summed E-state index contributed by atoms with van der Waals surface area (Å²) in [4.78, 5) is 4.51. The molecule has 2 atom stereocenters. The van der Waals surface area contributed by atoms with Crippen LogP contribution in [0.3, 0.4) is 0 Å². The lowest BCUT2D eigenvalue weighted by Gasteiger charge is -2.30. The minimum atomic E-state index is 0.0726. The van der Waals surface area contributed by atoms with Crippen LogP contribution in [-0.2, 0) is 0 Å². The normalized spacial score (nSPS) is 15.2. The number of hydrogen-bond acceptors (Lipinski definition) is 3. The van der Waals surface area contributed by atoms with Crippen LogP contribution in [-0.4, -0.2) is 50.1 Å². The van der Waals surface area contributed by atoms with Gasteiger partial charge in [-0.15, -0.1) is 0 Å². The molecule has 0 unspecified atom stereocenters. The van der Waals surface area contributed by atoms with E-state index < -0.39 is 0 Å². The second-order valence-corrected chi connectivity index (χ2v) is 4.96. The van der Waals surface area contributed by atoms with Crippen molar-refractivity contribution in [2.75, 3.05) is 34.2 Å². The zero-order chi connectivity index (χ0) is 12.8. The average Bonchev–Trinajstić information content (AvgIpc) is 2.35. The van der Waals surface area contributed by atoms with Gasteiger partial charge in [0.1, 0.15) is 0 Å². The van der Waals surface area contributed by atoms with Crippen molar-refractivity contribution in [2.45, 2.75) is 19.0 Å². The van der Waals surface area contributed by atoms with E-state index in [2.05, 4.69) is 50.0 Å². The first kappa shape index (κ1) is 14.2. The van der Waals surface area contributed by atoms with E-state index in [9.17, 15) is 0 Å². The molecule has 0 saturated heterocycles. The Bertz CT molecular complexity index is 311. The first-order valence-corrected chi connectivity index (χ1v) is 6.18. The molecule has 0 amide bonds. The largest absolute Gasteiger partial charge is 0.323 e. The molecule has 0 bridgehead atoms. The van der Waals surface area contributed by atoms with Crippen LogP contribution in [0.15, 0.2) is 30.3 Å². The van der Waals surface area contributed by atoms with Crippen molar-refractivity contribution in [3.63, 3.8) is 0 Å². The molecule has 0 aliphatic heterocycles. The molecule has 1 aromatic rings. The summed E-state index contributed by atoms with van der Waals surface area (Å²) < 4.78 is 0. The van der Waals surface area contributed by atoms with E-state index in [1.165, 1.54) is 5.56 Å². The van der Waals surface area contributed by atoms with Crippen LogP contribution in [0.1, 0.15) is 18.5 Å². The van der Waals surface area contributed by atoms with E-state index >= 15 is 0 Å². The summed E-state index contributed by atoms with van der Waals surface area (Å²) in [5.41, 5.74) is 7.50. The van der Waals surface area contributed by atoms with Crippen LogP contribution >= 0.6 is 0 Å². The minimum Gasteiger partial charge on any atom is -0.323 e. The first-order valence-electron chi connectivity index (χ1n) is 6.18. The standard InChI is InChI=1S/C14H25N3/c1-12(17(4)11-10-16(2)3)14(15)13-8-6-5-7-9-13/h5-9,12,14H,10-11,15H2,1-4H3/t12-,14+/m1/s1. The monoisotopic (exact) mass is 235 g/mol. The van der Waals surface area contributed by atoms with Gasteiger partial charge < -0.3 is 15.5 Å². The maximum absolute atomic E-state index is 6.29. The quantitative estimate of drug-likeness (QED) is 0.812. The van der Waals surface area contributed by atoms with E-state index in [1.807, 2.05) is 18.2 Å². The van der Waals surface area contributed by atoms with Gasteiger partial charge in [-0.05, 0) is 33.6 Å². The SMILES string of the molecule is C[C@H]([C@H](N)c1ccccc1)N(C)CCN(C)C. The number of nitrogens with two attached hydrogens (primary N) is 1. The molecule has 0 saturated carbocycles. The van der Waals surface area contributed by atoms with E-state index in [4.69, 9.17) is 5.73 Å². The van der Waals surface area contributed by atoms with Gasteiger partial charge in [-0.2, -0.15) is 0 Å². The smallest absolute Gasteiger partial charge is 0.0450 e. The molecular formula is C14H25N3. The highest BCUT2D eigenvalue weighted by atomic mass is 15.2. The third-order valence-corrected chi connectivity index (χ3v) is 3.30. The molecule has 0 aliphatic rings. The van der Waals surface area contributed by atoms with E-state index in [0.717, 1.165) is 13.1 Å². The van der Waals surface area contributed by atoms with Crippen molar-refractivity contribution < 1.29 is 0 Å². The molecular weight excluding hydrogens is 210 g/mol. The Balaban J connectivity index is 2.54. The summed E-state index contributed by atoms with van der Waals surface area (Å²) >= 11 is 0. The predicted octanol–water partition coefficient (Wildman–Crippen LogP) is 1.57. The molecule has 1 aromatic carbocycles. The van der Waals surface area contributed by atoms with Crippen LogP contribution in [0.5, 0.6) is 0 Å². The van der Waals surface area contributed by atoms with Crippen molar-refractivity contribution in [2.24, 2.45) is 5.73 Å². The molecule has 0 aliphatic carbocycles. The predicted molar refractivity (Wildman–Crippen MR) is 74.0 cm³/mol. The summed E-state index contributed by atoms with van der Waals surface area (Å²) in [7, 11) is 6.32. The fourth-order valence-electron chi connectivity index (χ4n) is 1.79. The summed E-state index contributed by atoms with van der Waals surface area (Å²) in [5.74, 6) is 0. The lowest BCUT2D eigenvalue weighted by molar-refractivity contribution is 0.205. The number of rotatable bonds is 6. The van der Waals surface area contributed by atoms with Gasteiger partial charge in [0.05, 0.1) is 0 Å². The highest BCUT2D eigenvalue weighted by molar-refractivity contribution is 5.19. The summed E-state index contributed by atoms with van der Waals surface area (Å²) in [6.07, 6.45) is 0. The van der Waals surface area contributed by atoms with Crippen LogP contribution in [0.4, 0.5) is 0 Å². The maximum Gasteiger partial charge on any atom is 0.0450 e. The Morgan fingerprint density at radius 2 is 1.65 bits per heavy atom. The second kappa shape index (κ2) is 6.74. The molecule has 0 radical (unpaired) electrons. The fourth-order valence-corrected chi connectivity index (χ4v) is 1.79. The summed E-state index contributed by atoms with van der Waals surface area (Å²) in [6.45, 7) is 4.28. The van der Waals surface area contributed by atoms with Gasteiger partial charge >= 0.3 is 0 Å². The molecule has 0 spiro atoms. The summed E-state index contributed by atoms with van der Waals surface area (Å²) in [6, 6.07) is 10.7. The highest BCUT2D eigenvalue weighted by Crippen LogP contribution is 2.16. The molecule has 2 N–H and O–H groups in total.